The van der Waals surface area contributed by atoms with E-state index in [1.54, 1.807) is 12.1 Å². The fourth-order valence-corrected chi connectivity index (χ4v) is 1.47. The van der Waals surface area contributed by atoms with E-state index in [0.717, 1.165) is 22.0 Å². The Bertz CT molecular complexity index is 463. The molecule has 2 rings (SSSR count). The lowest BCUT2D eigenvalue weighted by Gasteiger charge is -2.04. The second kappa shape index (κ2) is 2.73. The fraction of sp³-hybridized carbons (Fsp3) is 0.0909. The van der Waals surface area contributed by atoms with Crippen LogP contribution in [-0.4, -0.2) is 0 Å². The smallest absolute Gasteiger partial charge is 0.123 e. The molecule has 0 aromatic heterocycles. The number of rotatable bonds is 0. The van der Waals surface area contributed by atoms with Gasteiger partial charge in [0.15, 0.2) is 0 Å². The molecule has 0 saturated carbocycles. The van der Waals surface area contributed by atoms with Crippen molar-refractivity contribution in [2.24, 2.45) is 0 Å². The Balaban J connectivity index is 2.87. The van der Waals surface area contributed by atoms with Crippen molar-refractivity contribution in [2.75, 3.05) is 5.73 Å². The Morgan fingerprint density at radius 3 is 2.69 bits per heavy atom. The zero-order valence-electron chi connectivity index (χ0n) is 7.34. The first kappa shape index (κ1) is 8.05. The molecule has 0 heterocycles. The topological polar surface area (TPSA) is 26.0 Å². The molecule has 13 heavy (non-hydrogen) atoms. The summed E-state index contributed by atoms with van der Waals surface area (Å²) in [5.74, 6) is -0.211. The van der Waals surface area contributed by atoms with Crippen LogP contribution < -0.4 is 5.73 Å². The van der Waals surface area contributed by atoms with Gasteiger partial charge >= 0.3 is 0 Å². The van der Waals surface area contributed by atoms with Crippen LogP contribution in [0.15, 0.2) is 30.3 Å². The second-order valence-corrected chi connectivity index (χ2v) is 3.15. The van der Waals surface area contributed by atoms with Crippen LogP contribution in [0, 0.1) is 12.7 Å². The first-order valence-electron chi connectivity index (χ1n) is 4.13. The van der Waals surface area contributed by atoms with E-state index in [2.05, 4.69) is 0 Å². The molecule has 2 heteroatoms. The summed E-state index contributed by atoms with van der Waals surface area (Å²) < 4.78 is 12.8. The predicted molar refractivity (Wildman–Crippen MR) is 53.1 cm³/mol. The highest BCUT2D eigenvalue weighted by molar-refractivity contribution is 5.89. The molecule has 2 N–H and O–H groups in total. The maximum absolute atomic E-state index is 12.8. The first-order valence-corrected chi connectivity index (χ1v) is 4.13. The van der Waals surface area contributed by atoms with Gasteiger partial charge in [-0.15, -0.1) is 0 Å². The Hall–Kier alpha value is -1.57. The first-order chi connectivity index (χ1) is 6.18. The Labute approximate surface area is 76.0 Å². The zero-order valence-corrected chi connectivity index (χ0v) is 7.34. The highest BCUT2D eigenvalue weighted by Gasteiger charge is 2.00. The van der Waals surface area contributed by atoms with Crippen LogP contribution in [0.5, 0.6) is 0 Å². The number of hydrogen-bond acceptors (Lipinski definition) is 1. The van der Waals surface area contributed by atoms with E-state index in [4.69, 9.17) is 5.73 Å². The highest BCUT2D eigenvalue weighted by atomic mass is 19.1. The average Bonchev–Trinajstić information content (AvgIpc) is 2.12. The SMILES string of the molecule is Cc1c(N)ccc2cc(F)ccc12. The monoisotopic (exact) mass is 175 g/mol. The molecule has 0 unspecified atom stereocenters. The molecule has 66 valence electrons. The van der Waals surface area contributed by atoms with Gasteiger partial charge in [0.1, 0.15) is 5.82 Å². The van der Waals surface area contributed by atoms with Gasteiger partial charge in [0, 0.05) is 5.69 Å². The van der Waals surface area contributed by atoms with Gasteiger partial charge < -0.3 is 5.73 Å². The molecule has 0 saturated heterocycles. The van der Waals surface area contributed by atoms with Crippen molar-refractivity contribution in [2.45, 2.75) is 6.92 Å². The molecule has 0 amide bonds. The minimum atomic E-state index is -0.211. The van der Waals surface area contributed by atoms with Crippen molar-refractivity contribution in [1.82, 2.24) is 0 Å². The van der Waals surface area contributed by atoms with Gasteiger partial charge in [-0.2, -0.15) is 0 Å². The van der Waals surface area contributed by atoms with Gasteiger partial charge in [0.2, 0.25) is 0 Å². The molecule has 0 spiro atoms. The molecular formula is C11H10FN. The van der Waals surface area contributed by atoms with Crippen LogP contribution >= 0.6 is 0 Å². The summed E-state index contributed by atoms with van der Waals surface area (Å²) in [6.45, 7) is 1.94. The van der Waals surface area contributed by atoms with Crippen LogP contribution in [0.4, 0.5) is 10.1 Å². The van der Waals surface area contributed by atoms with Crippen molar-refractivity contribution in [3.63, 3.8) is 0 Å². The van der Waals surface area contributed by atoms with E-state index in [0.29, 0.717) is 0 Å². The van der Waals surface area contributed by atoms with Crippen LogP contribution in [0.1, 0.15) is 5.56 Å². The van der Waals surface area contributed by atoms with E-state index in [9.17, 15) is 4.39 Å². The van der Waals surface area contributed by atoms with Gasteiger partial charge in [-0.25, -0.2) is 4.39 Å². The summed E-state index contributed by atoms with van der Waals surface area (Å²) in [5.41, 5.74) is 7.49. The number of hydrogen-bond donors (Lipinski definition) is 1. The molecule has 0 fully saturated rings. The molecule has 0 aliphatic carbocycles. The van der Waals surface area contributed by atoms with Crippen molar-refractivity contribution in [3.05, 3.63) is 41.7 Å². The molecule has 2 aromatic carbocycles. The molecule has 2 aromatic rings. The minimum Gasteiger partial charge on any atom is -0.398 e. The van der Waals surface area contributed by atoms with E-state index < -0.39 is 0 Å². The van der Waals surface area contributed by atoms with Gasteiger partial charge in [-0.05, 0) is 41.5 Å². The summed E-state index contributed by atoms with van der Waals surface area (Å²) in [5, 5.41) is 1.91. The normalized spacial score (nSPS) is 10.6. The lowest BCUT2D eigenvalue weighted by molar-refractivity contribution is 0.630. The van der Waals surface area contributed by atoms with Crippen LogP contribution in [-0.2, 0) is 0 Å². The van der Waals surface area contributed by atoms with Gasteiger partial charge in [0.05, 0.1) is 0 Å². The fourth-order valence-electron chi connectivity index (χ4n) is 1.47. The summed E-state index contributed by atoms with van der Waals surface area (Å²) >= 11 is 0. The van der Waals surface area contributed by atoms with Crippen LogP contribution in [0.25, 0.3) is 10.8 Å². The van der Waals surface area contributed by atoms with Gasteiger partial charge in [-0.3, -0.25) is 0 Å². The molecule has 0 atom stereocenters. The van der Waals surface area contributed by atoms with Gasteiger partial charge in [-0.1, -0.05) is 12.1 Å². The third-order valence-corrected chi connectivity index (χ3v) is 2.29. The zero-order chi connectivity index (χ0) is 9.42. The van der Waals surface area contributed by atoms with Crippen molar-refractivity contribution in [1.29, 1.82) is 0 Å². The highest BCUT2D eigenvalue weighted by Crippen LogP contribution is 2.23. The number of nitrogens with two attached hydrogens (primary N) is 1. The quantitative estimate of drug-likeness (QED) is 0.612. The van der Waals surface area contributed by atoms with E-state index in [1.807, 2.05) is 13.0 Å². The summed E-state index contributed by atoms with van der Waals surface area (Å²) in [6.07, 6.45) is 0. The maximum atomic E-state index is 12.8. The molecule has 1 nitrogen and oxygen atoms in total. The molecule has 0 bridgehead atoms. The molecule has 0 aliphatic rings. The van der Waals surface area contributed by atoms with Crippen molar-refractivity contribution in [3.8, 4) is 0 Å². The van der Waals surface area contributed by atoms with E-state index >= 15 is 0 Å². The number of fused-ring (bicyclic) bond motifs is 1. The van der Waals surface area contributed by atoms with E-state index in [-0.39, 0.29) is 5.82 Å². The Morgan fingerprint density at radius 2 is 1.92 bits per heavy atom. The number of halogens is 1. The summed E-state index contributed by atoms with van der Waals surface area (Å²) in [4.78, 5) is 0. The summed E-state index contributed by atoms with van der Waals surface area (Å²) in [6, 6.07) is 8.37. The Kier molecular flexibility index (Phi) is 1.69. The van der Waals surface area contributed by atoms with Crippen molar-refractivity contribution >= 4 is 16.5 Å². The van der Waals surface area contributed by atoms with Crippen LogP contribution in [0.2, 0.25) is 0 Å². The predicted octanol–water partition coefficient (Wildman–Crippen LogP) is 2.87. The Morgan fingerprint density at radius 1 is 1.15 bits per heavy atom. The number of anilines is 1. The standard InChI is InChI=1S/C11H10FN/c1-7-10-4-3-9(12)6-8(10)2-5-11(7)13/h2-6H,13H2,1H3. The average molecular weight is 175 g/mol. The third-order valence-electron chi connectivity index (χ3n) is 2.29. The van der Waals surface area contributed by atoms with E-state index in [1.165, 1.54) is 12.1 Å². The number of nitrogen functional groups attached to an aromatic ring is 1. The number of benzene rings is 2. The lowest BCUT2D eigenvalue weighted by Crippen LogP contribution is -1.90. The molecule has 0 radical (unpaired) electrons. The largest absolute Gasteiger partial charge is 0.398 e. The maximum Gasteiger partial charge on any atom is 0.123 e. The second-order valence-electron chi connectivity index (χ2n) is 3.15. The lowest BCUT2D eigenvalue weighted by atomic mass is 10.0. The molecular weight excluding hydrogens is 165 g/mol. The summed E-state index contributed by atoms with van der Waals surface area (Å²) in [7, 11) is 0. The number of aryl methyl sites for hydroxylation is 1. The van der Waals surface area contributed by atoms with Gasteiger partial charge in [0.25, 0.3) is 0 Å². The van der Waals surface area contributed by atoms with Crippen molar-refractivity contribution < 1.29 is 4.39 Å². The molecule has 0 aliphatic heterocycles. The third kappa shape index (κ3) is 1.24. The van der Waals surface area contributed by atoms with Crippen LogP contribution in [0.3, 0.4) is 0 Å². The minimum absolute atomic E-state index is 0.211.